The second-order valence-corrected chi connectivity index (χ2v) is 5.45. The summed E-state index contributed by atoms with van der Waals surface area (Å²) in [5, 5.41) is 18.5. The number of carboxylic acids is 1. The van der Waals surface area contributed by atoms with E-state index in [1.54, 1.807) is 0 Å². The van der Waals surface area contributed by atoms with Gasteiger partial charge in [-0.1, -0.05) is 34.8 Å². The maximum Gasteiger partial charge on any atom is 0.326 e. The molecule has 0 spiro atoms. The lowest BCUT2D eigenvalue weighted by Gasteiger charge is -2.21. The quantitative estimate of drug-likeness (QED) is 0.856. The summed E-state index contributed by atoms with van der Waals surface area (Å²) in [5.41, 5.74) is -0.193. The van der Waals surface area contributed by atoms with Crippen molar-refractivity contribution in [2.75, 3.05) is 6.54 Å². The number of nitrogens with zero attached hydrogens (tertiary/aromatic N) is 2. The van der Waals surface area contributed by atoms with Gasteiger partial charge in [0.25, 0.3) is 5.91 Å². The van der Waals surface area contributed by atoms with Crippen molar-refractivity contribution < 1.29 is 19.8 Å². The predicted octanol–water partition coefficient (Wildman–Crippen LogP) is 1.70. The smallest absolute Gasteiger partial charge is 0.326 e. The summed E-state index contributed by atoms with van der Waals surface area (Å²) >= 11 is 17.4. The van der Waals surface area contributed by atoms with Crippen molar-refractivity contribution >= 4 is 46.7 Å². The van der Waals surface area contributed by atoms with Crippen LogP contribution in [-0.2, 0) is 4.79 Å². The zero-order valence-corrected chi connectivity index (χ0v) is 12.2. The highest BCUT2D eigenvalue weighted by molar-refractivity contribution is 6.48. The Hall–Kier alpha value is -1.08. The Morgan fingerprint density at radius 3 is 2.55 bits per heavy atom. The first-order valence-electron chi connectivity index (χ1n) is 5.54. The fourth-order valence-electron chi connectivity index (χ4n) is 2.00. The Balaban J connectivity index is 2.36. The van der Waals surface area contributed by atoms with Gasteiger partial charge in [-0.2, -0.15) is 0 Å². The lowest BCUT2D eigenvalue weighted by molar-refractivity contribution is -0.141. The van der Waals surface area contributed by atoms with Gasteiger partial charge < -0.3 is 15.1 Å². The molecule has 2 atom stereocenters. The summed E-state index contributed by atoms with van der Waals surface area (Å²) in [6.45, 7) is -0.103. The fraction of sp³-hybridized carbons (Fsp3) is 0.364. The summed E-state index contributed by atoms with van der Waals surface area (Å²) in [7, 11) is 0. The normalized spacial score (nSPS) is 22.1. The number of rotatable bonds is 2. The molecule has 1 aliphatic heterocycles. The molecule has 108 valence electrons. The highest BCUT2D eigenvalue weighted by Crippen LogP contribution is 2.32. The predicted molar refractivity (Wildman–Crippen MR) is 72.4 cm³/mol. The van der Waals surface area contributed by atoms with Crippen molar-refractivity contribution in [1.29, 1.82) is 0 Å². The van der Waals surface area contributed by atoms with Crippen LogP contribution in [0.3, 0.4) is 0 Å². The second kappa shape index (κ2) is 5.73. The summed E-state index contributed by atoms with van der Waals surface area (Å²) in [6.07, 6.45) is 0.215. The van der Waals surface area contributed by atoms with Crippen LogP contribution >= 0.6 is 34.8 Å². The zero-order valence-electron chi connectivity index (χ0n) is 9.89. The molecular weight excluding hydrogens is 330 g/mol. The molecule has 1 amide bonds. The number of aliphatic hydroxyl groups is 1. The minimum absolute atomic E-state index is 0.0293. The van der Waals surface area contributed by atoms with Crippen molar-refractivity contribution in [2.24, 2.45) is 0 Å². The molecule has 2 heterocycles. The Labute approximate surface area is 128 Å². The van der Waals surface area contributed by atoms with E-state index in [1.807, 2.05) is 0 Å². The van der Waals surface area contributed by atoms with E-state index in [0.717, 1.165) is 11.1 Å². The van der Waals surface area contributed by atoms with Gasteiger partial charge in [0, 0.05) is 19.2 Å². The second-order valence-electron chi connectivity index (χ2n) is 4.28. The molecule has 0 saturated carbocycles. The fourth-order valence-corrected chi connectivity index (χ4v) is 2.56. The third kappa shape index (κ3) is 2.69. The molecule has 2 rings (SSSR count). The number of aliphatic carboxylic acids is 1. The molecule has 0 bridgehead atoms. The first kappa shape index (κ1) is 15.3. The number of hydrogen-bond acceptors (Lipinski definition) is 4. The van der Waals surface area contributed by atoms with E-state index < -0.39 is 24.0 Å². The third-order valence-electron chi connectivity index (χ3n) is 2.94. The van der Waals surface area contributed by atoms with Crippen LogP contribution in [0.25, 0.3) is 0 Å². The SMILES string of the molecule is O=C(O)C1CC(O)CN1C(=O)c1ncc(Cl)c(Cl)c1Cl. The summed E-state index contributed by atoms with van der Waals surface area (Å²) < 4.78 is 0. The highest BCUT2D eigenvalue weighted by Gasteiger charge is 2.40. The van der Waals surface area contributed by atoms with Gasteiger partial charge >= 0.3 is 5.97 Å². The van der Waals surface area contributed by atoms with Gasteiger partial charge in [0.15, 0.2) is 0 Å². The van der Waals surface area contributed by atoms with Crippen LogP contribution in [0.4, 0.5) is 0 Å². The Bertz CT molecular complexity index is 581. The molecular formula is C11H9Cl3N2O4. The summed E-state index contributed by atoms with van der Waals surface area (Å²) in [6, 6.07) is -1.12. The monoisotopic (exact) mass is 338 g/mol. The zero-order chi connectivity index (χ0) is 15.0. The van der Waals surface area contributed by atoms with E-state index in [0.29, 0.717) is 0 Å². The standard InChI is InChI=1S/C11H9Cl3N2O4/c12-5-2-15-9(8(14)7(5)13)10(18)16-3-4(17)1-6(16)11(19)20/h2,4,6,17H,1,3H2,(H,19,20). The van der Waals surface area contributed by atoms with Gasteiger partial charge in [0.05, 0.1) is 21.2 Å². The van der Waals surface area contributed by atoms with Crippen LogP contribution in [0.5, 0.6) is 0 Å². The molecule has 6 nitrogen and oxygen atoms in total. The lowest BCUT2D eigenvalue weighted by atomic mass is 10.2. The molecule has 0 aliphatic carbocycles. The molecule has 1 fully saturated rings. The van der Waals surface area contributed by atoms with Gasteiger partial charge in [-0.15, -0.1) is 0 Å². The van der Waals surface area contributed by atoms with Crippen LogP contribution in [0.2, 0.25) is 15.1 Å². The van der Waals surface area contributed by atoms with Gasteiger partial charge in [0.2, 0.25) is 0 Å². The molecule has 0 radical (unpaired) electrons. The van der Waals surface area contributed by atoms with E-state index in [-0.39, 0.29) is 33.7 Å². The van der Waals surface area contributed by atoms with Gasteiger partial charge in [-0.25, -0.2) is 9.78 Å². The first-order chi connectivity index (χ1) is 9.32. The third-order valence-corrected chi connectivity index (χ3v) is 4.19. The minimum atomic E-state index is -1.20. The number of carbonyl (C=O) groups is 2. The van der Waals surface area contributed by atoms with Crippen LogP contribution in [0.1, 0.15) is 16.9 Å². The first-order valence-corrected chi connectivity index (χ1v) is 6.67. The number of pyridine rings is 1. The maximum atomic E-state index is 12.3. The van der Waals surface area contributed by atoms with Gasteiger partial charge in [0.1, 0.15) is 11.7 Å². The van der Waals surface area contributed by atoms with Crippen molar-refractivity contribution in [2.45, 2.75) is 18.6 Å². The Morgan fingerprint density at radius 2 is 1.95 bits per heavy atom. The van der Waals surface area contributed by atoms with Crippen molar-refractivity contribution in [3.63, 3.8) is 0 Å². The van der Waals surface area contributed by atoms with Gasteiger partial charge in [-0.3, -0.25) is 4.79 Å². The molecule has 2 unspecified atom stereocenters. The molecule has 1 saturated heterocycles. The van der Waals surface area contributed by atoms with Crippen molar-refractivity contribution in [1.82, 2.24) is 9.88 Å². The van der Waals surface area contributed by atoms with E-state index in [9.17, 15) is 14.7 Å². The number of carboxylic acid groups (broad SMARTS) is 1. The Kier molecular flexibility index (Phi) is 4.39. The Morgan fingerprint density at radius 1 is 1.30 bits per heavy atom. The maximum absolute atomic E-state index is 12.3. The van der Waals surface area contributed by atoms with E-state index in [4.69, 9.17) is 39.9 Å². The summed E-state index contributed by atoms with van der Waals surface area (Å²) in [4.78, 5) is 28.2. The van der Waals surface area contributed by atoms with E-state index >= 15 is 0 Å². The summed E-state index contributed by atoms with van der Waals surface area (Å²) in [5.74, 6) is -1.91. The van der Waals surface area contributed by atoms with Crippen molar-refractivity contribution in [3.05, 3.63) is 27.0 Å². The average Bonchev–Trinajstić information content (AvgIpc) is 2.78. The number of halogens is 3. The van der Waals surface area contributed by atoms with Crippen LogP contribution in [-0.4, -0.2) is 50.7 Å². The average molecular weight is 340 g/mol. The number of aliphatic hydroxyl groups excluding tert-OH is 1. The van der Waals surface area contributed by atoms with Crippen LogP contribution < -0.4 is 0 Å². The van der Waals surface area contributed by atoms with Crippen molar-refractivity contribution in [3.8, 4) is 0 Å². The number of β-amino-alcohol motifs (C(OH)–C–C–N with tert-alkyl or cyclic N) is 1. The van der Waals surface area contributed by atoms with Crippen LogP contribution in [0, 0.1) is 0 Å². The van der Waals surface area contributed by atoms with Crippen LogP contribution in [0.15, 0.2) is 6.20 Å². The minimum Gasteiger partial charge on any atom is -0.480 e. The molecule has 2 N–H and O–H groups in total. The highest BCUT2D eigenvalue weighted by atomic mass is 35.5. The van der Waals surface area contributed by atoms with E-state index in [2.05, 4.69) is 4.98 Å². The molecule has 1 aromatic rings. The van der Waals surface area contributed by atoms with E-state index in [1.165, 1.54) is 0 Å². The topological polar surface area (TPSA) is 90.7 Å². The number of carbonyl (C=O) groups excluding carboxylic acids is 1. The largest absolute Gasteiger partial charge is 0.480 e. The number of aromatic nitrogens is 1. The lowest BCUT2D eigenvalue weighted by Crippen LogP contribution is -2.41. The van der Waals surface area contributed by atoms with Gasteiger partial charge in [-0.05, 0) is 0 Å². The molecule has 1 aromatic heterocycles. The molecule has 1 aliphatic rings. The molecule has 0 aromatic carbocycles. The number of amides is 1. The molecule has 9 heteroatoms. The number of likely N-dealkylation sites (tertiary alicyclic amines) is 1. The molecule has 20 heavy (non-hydrogen) atoms. The number of hydrogen-bond donors (Lipinski definition) is 2.